The minimum Gasteiger partial charge on any atom is -0.497 e. The van der Waals surface area contributed by atoms with Crippen LogP contribution in [-0.4, -0.2) is 32.4 Å². The Bertz CT molecular complexity index is 710. The molecule has 0 aromatic heterocycles. The molecule has 0 atom stereocenters. The second-order valence-corrected chi connectivity index (χ2v) is 5.26. The van der Waals surface area contributed by atoms with Crippen molar-refractivity contribution in [3.05, 3.63) is 54.1 Å². The molecular weight excluding hydrogens is 318 g/mol. The van der Waals surface area contributed by atoms with E-state index in [2.05, 4.69) is 15.8 Å². The normalized spacial score (nSPS) is 10.9. The van der Waals surface area contributed by atoms with Gasteiger partial charge in [0, 0.05) is 5.69 Å². The minimum absolute atomic E-state index is 0.134. The summed E-state index contributed by atoms with van der Waals surface area (Å²) in [7, 11) is 3.24. The Balaban J connectivity index is 1.89. The lowest BCUT2D eigenvalue weighted by atomic mass is 10.1. The van der Waals surface area contributed by atoms with E-state index in [1.54, 1.807) is 14.2 Å². The highest BCUT2D eigenvalue weighted by atomic mass is 16.5. The molecule has 0 saturated heterocycles. The fraction of sp³-hybridized carbons (Fsp3) is 0.263. The topological polar surface area (TPSA) is 72.0 Å². The van der Waals surface area contributed by atoms with Gasteiger partial charge in [0.15, 0.2) is 0 Å². The van der Waals surface area contributed by atoms with Gasteiger partial charge < -0.3 is 14.8 Å². The molecule has 0 aliphatic heterocycles. The molecule has 0 unspecified atom stereocenters. The van der Waals surface area contributed by atoms with Crippen molar-refractivity contribution < 1.29 is 14.3 Å². The zero-order valence-electron chi connectivity index (χ0n) is 14.7. The van der Waals surface area contributed by atoms with Crippen LogP contribution in [0.1, 0.15) is 18.9 Å². The van der Waals surface area contributed by atoms with Gasteiger partial charge in [0.2, 0.25) is 0 Å². The highest BCUT2D eigenvalue weighted by Crippen LogP contribution is 2.15. The Hall–Kier alpha value is -3.02. The highest BCUT2D eigenvalue weighted by Gasteiger charge is 2.04. The van der Waals surface area contributed by atoms with Gasteiger partial charge in [0.25, 0.3) is 5.91 Å². The lowest BCUT2D eigenvalue weighted by Gasteiger charge is -2.08. The first-order chi connectivity index (χ1) is 12.2. The van der Waals surface area contributed by atoms with Crippen LogP contribution in [0.25, 0.3) is 0 Å². The first kappa shape index (κ1) is 18.3. The van der Waals surface area contributed by atoms with E-state index in [4.69, 9.17) is 9.47 Å². The number of carbonyl (C=O) groups excluding carboxylic acids is 1. The van der Waals surface area contributed by atoms with E-state index >= 15 is 0 Å². The highest BCUT2D eigenvalue weighted by molar-refractivity contribution is 6.01. The monoisotopic (exact) mass is 341 g/mol. The van der Waals surface area contributed by atoms with Crippen LogP contribution in [0.5, 0.6) is 11.5 Å². The molecule has 0 fully saturated rings. The smallest absolute Gasteiger partial charge is 0.259 e. The van der Waals surface area contributed by atoms with Crippen LogP contribution < -0.4 is 20.2 Å². The third-order valence-corrected chi connectivity index (χ3v) is 3.62. The van der Waals surface area contributed by atoms with Crippen LogP contribution in [0, 0.1) is 0 Å². The van der Waals surface area contributed by atoms with Crippen molar-refractivity contribution in [2.75, 3.05) is 26.1 Å². The van der Waals surface area contributed by atoms with E-state index in [9.17, 15) is 4.79 Å². The molecule has 132 valence electrons. The summed E-state index contributed by atoms with van der Waals surface area (Å²) in [6.45, 7) is 2.13. The predicted molar refractivity (Wildman–Crippen MR) is 99.4 cm³/mol. The van der Waals surface area contributed by atoms with Crippen molar-refractivity contribution in [2.45, 2.75) is 13.3 Å². The summed E-state index contributed by atoms with van der Waals surface area (Å²) in [5.41, 5.74) is 5.18. The number of hydrogen-bond acceptors (Lipinski definition) is 5. The molecule has 2 N–H and O–H groups in total. The first-order valence-electron chi connectivity index (χ1n) is 8.04. The van der Waals surface area contributed by atoms with E-state index in [1.807, 2.05) is 55.5 Å². The van der Waals surface area contributed by atoms with Gasteiger partial charge in [-0.2, -0.15) is 5.10 Å². The lowest BCUT2D eigenvalue weighted by molar-refractivity contribution is -0.119. The lowest BCUT2D eigenvalue weighted by Crippen LogP contribution is -2.27. The number of ether oxygens (including phenoxy) is 2. The Kier molecular flexibility index (Phi) is 6.83. The number of carbonyl (C=O) groups is 1. The molecule has 0 aliphatic rings. The molecule has 0 saturated carbocycles. The summed E-state index contributed by atoms with van der Waals surface area (Å²) in [6.07, 6.45) is 0.707. The quantitative estimate of drug-likeness (QED) is 0.572. The number of hydrazone groups is 1. The number of rotatable bonds is 8. The zero-order valence-corrected chi connectivity index (χ0v) is 14.7. The molecule has 0 bridgehead atoms. The molecular formula is C19H23N3O3. The van der Waals surface area contributed by atoms with Crippen LogP contribution in [0.2, 0.25) is 0 Å². The molecule has 0 aliphatic carbocycles. The standard InChI is InChI=1S/C19H23N3O3/c1-4-18(14-5-9-16(24-2)10-6-14)21-22-19(23)13-20-15-7-11-17(25-3)12-8-15/h5-12,20H,4,13H2,1-3H3,(H,22,23)/b21-18-. The summed E-state index contributed by atoms with van der Waals surface area (Å²) < 4.78 is 10.2. The molecule has 2 aromatic carbocycles. The van der Waals surface area contributed by atoms with Crippen molar-refractivity contribution in [1.29, 1.82) is 0 Å². The van der Waals surface area contributed by atoms with Gasteiger partial charge >= 0.3 is 0 Å². The van der Waals surface area contributed by atoms with Gasteiger partial charge in [-0.1, -0.05) is 6.92 Å². The van der Waals surface area contributed by atoms with Gasteiger partial charge in [-0.05, 0) is 60.5 Å². The predicted octanol–water partition coefficient (Wildman–Crippen LogP) is 3.05. The molecule has 0 heterocycles. The molecule has 6 nitrogen and oxygen atoms in total. The maximum absolute atomic E-state index is 12.0. The summed E-state index contributed by atoms with van der Waals surface area (Å²) in [5, 5.41) is 7.26. The van der Waals surface area contributed by atoms with Gasteiger partial charge in [-0.15, -0.1) is 0 Å². The van der Waals surface area contributed by atoms with Crippen molar-refractivity contribution >= 4 is 17.3 Å². The summed E-state index contributed by atoms with van der Waals surface area (Å²) in [5.74, 6) is 1.34. The average molecular weight is 341 g/mol. The number of hydrogen-bond donors (Lipinski definition) is 2. The van der Waals surface area contributed by atoms with Crippen LogP contribution in [0.3, 0.4) is 0 Å². The van der Waals surface area contributed by atoms with Crippen LogP contribution >= 0.6 is 0 Å². The van der Waals surface area contributed by atoms with E-state index in [0.29, 0.717) is 6.42 Å². The fourth-order valence-corrected chi connectivity index (χ4v) is 2.19. The van der Waals surface area contributed by atoms with E-state index in [1.165, 1.54) is 0 Å². The third-order valence-electron chi connectivity index (χ3n) is 3.62. The van der Waals surface area contributed by atoms with Crippen molar-refractivity contribution in [2.24, 2.45) is 5.10 Å². The van der Waals surface area contributed by atoms with Gasteiger partial charge in [-0.3, -0.25) is 4.79 Å². The van der Waals surface area contributed by atoms with Crippen LogP contribution in [-0.2, 0) is 4.79 Å². The van der Waals surface area contributed by atoms with Gasteiger partial charge in [0.1, 0.15) is 11.5 Å². The molecule has 0 spiro atoms. The van der Waals surface area contributed by atoms with Gasteiger partial charge in [-0.25, -0.2) is 5.43 Å². The molecule has 25 heavy (non-hydrogen) atoms. The van der Waals surface area contributed by atoms with Crippen LogP contribution in [0.15, 0.2) is 53.6 Å². The van der Waals surface area contributed by atoms with Crippen molar-refractivity contribution in [3.8, 4) is 11.5 Å². The van der Waals surface area contributed by atoms with Crippen molar-refractivity contribution in [3.63, 3.8) is 0 Å². The number of methoxy groups -OCH3 is 2. The Morgan fingerprint density at radius 3 is 2.04 bits per heavy atom. The molecule has 6 heteroatoms. The summed E-state index contributed by atoms with van der Waals surface area (Å²) in [4.78, 5) is 12.0. The average Bonchev–Trinajstić information content (AvgIpc) is 2.67. The van der Waals surface area contributed by atoms with Crippen molar-refractivity contribution in [1.82, 2.24) is 5.43 Å². The van der Waals surface area contributed by atoms with E-state index < -0.39 is 0 Å². The largest absolute Gasteiger partial charge is 0.497 e. The Morgan fingerprint density at radius 2 is 1.52 bits per heavy atom. The second kappa shape index (κ2) is 9.32. The molecule has 2 aromatic rings. The minimum atomic E-state index is -0.213. The first-order valence-corrected chi connectivity index (χ1v) is 8.04. The third kappa shape index (κ3) is 5.53. The van der Waals surface area contributed by atoms with E-state index in [-0.39, 0.29) is 12.5 Å². The second-order valence-electron chi connectivity index (χ2n) is 5.26. The maximum atomic E-state index is 12.0. The fourth-order valence-electron chi connectivity index (χ4n) is 2.19. The number of nitrogens with zero attached hydrogens (tertiary/aromatic N) is 1. The number of amides is 1. The SMILES string of the molecule is CC/C(=N/NC(=O)CNc1ccc(OC)cc1)c1ccc(OC)cc1. The maximum Gasteiger partial charge on any atom is 0.259 e. The number of nitrogens with one attached hydrogen (secondary N) is 2. The van der Waals surface area contributed by atoms with Crippen LogP contribution in [0.4, 0.5) is 5.69 Å². The summed E-state index contributed by atoms with van der Waals surface area (Å²) in [6, 6.07) is 14.9. The van der Waals surface area contributed by atoms with Gasteiger partial charge in [0.05, 0.1) is 26.5 Å². The molecule has 1 amide bonds. The Morgan fingerprint density at radius 1 is 0.960 bits per heavy atom. The zero-order chi connectivity index (χ0) is 18.1. The summed E-state index contributed by atoms with van der Waals surface area (Å²) >= 11 is 0. The van der Waals surface area contributed by atoms with E-state index in [0.717, 1.165) is 28.5 Å². The number of benzene rings is 2. The molecule has 0 radical (unpaired) electrons. The number of anilines is 1. The Labute approximate surface area is 147 Å². The molecule has 2 rings (SSSR count).